The molecule has 2 heterocycles. The second-order valence-corrected chi connectivity index (χ2v) is 10.8. The van der Waals surface area contributed by atoms with E-state index < -0.39 is 5.82 Å². The molecule has 1 fully saturated rings. The fourth-order valence-electron chi connectivity index (χ4n) is 5.55. The fourth-order valence-corrected chi connectivity index (χ4v) is 5.82. The van der Waals surface area contributed by atoms with E-state index in [0.717, 1.165) is 22.1 Å². The van der Waals surface area contributed by atoms with E-state index in [4.69, 9.17) is 21.3 Å². The van der Waals surface area contributed by atoms with Crippen molar-refractivity contribution >= 4 is 50.7 Å². The number of nitrogens with one attached hydrogen (secondary N) is 1. The lowest BCUT2D eigenvalue weighted by Gasteiger charge is -2.36. The second kappa shape index (κ2) is 11.9. The van der Waals surface area contributed by atoms with Gasteiger partial charge >= 0.3 is 0 Å². The summed E-state index contributed by atoms with van der Waals surface area (Å²) in [5.41, 5.74) is 2.95. The number of carbonyl (C=O) groups excluding carboxylic acids is 1. The van der Waals surface area contributed by atoms with Crippen LogP contribution >= 0.6 is 11.6 Å². The fraction of sp³-hybridized carbons (Fsp3) is 0.176. The van der Waals surface area contributed by atoms with Gasteiger partial charge in [0.05, 0.1) is 23.3 Å². The predicted octanol–water partition coefficient (Wildman–Crippen LogP) is 7.44. The number of fused-ring (bicyclic) bond motifs is 3. The van der Waals surface area contributed by atoms with Gasteiger partial charge in [0.2, 0.25) is 5.91 Å². The first-order chi connectivity index (χ1) is 20.9. The van der Waals surface area contributed by atoms with E-state index in [1.165, 1.54) is 18.2 Å². The van der Waals surface area contributed by atoms with Crippen molar-refractivity contribution in [2.75, 3.05) is 43.5 Å². The van der Waals surface area contributed by atoms with Crippen molar-refractivity contribution in [2.45, 2.75) is 6.54 Å². The molecule has 1 N–H and O–H groups in total. The van der Waals surface area contributed by atoms with Crippen LogP contribution < -0.4 is 15.0 Å². The molecule has 5 aromatic rings. The molecule has 9 heteroatoms. The van der Waals surface area contributed by atoms with Crippen LogP contribution in [0.4, 0.5) is 20.3 Å². The number of ether oxygens (including phenoxy) is 1. The van der Waals surface area contributed by atoms with Crippen molar-refractivity contribution in [1.29, 1.82) is 0 Å². The number of carbonyl (C=O) groups is 1. The minimum Gasteiger partial charge on any atom is -0.497 e. The molecule has 1 aromatic heterocycles. The minimum atomic E-state index is -0.427. The van der Waals surface area contributed by atoms with Crippen LogP contribution in [0.15, 0.2) is 85.5 Å². The molecule has 1 aliphatic heterocycles. The van der Waals surface area contributed by atoms with Gasteiger partial charge in [-0.05, 0) is 65.1 Å². The van der Waals surface area contributed by atoms with E-state index in [-0.39, 0.29) is 11.7 Å². The smallest absolute Gasteiger partial charge is 0.246 e. The van der Waals surface area contributed by atoms with Gasteiger partial charge in [-0.2, -0.15) is 0 Å². The molecular weight excluding hydrogens is 570 g/mol. The molecule has 0 aliphatic carbocycles. The lowest BCUT2D eigenvalue weighted by atomic mass is 9.99. The van der Waals surface area contributed by atoms with Crippen molar-refractivity contribution < 1.29 is 18.3 Å². The van der Waals surface area contributed by atoms with Gasteiger partial charge in [-0.1, -0.05) is 48.5 Å². The van der Waals surface area contributed by atoms with Gasteiger partial charge in [0, 0.05) is 49.1 Å². The first-order valence-corrected chi connectivity index (χ1v) is 14.3. The Labute approximate surface area is 253 Å². The molecule has 0 unspecified atom stereocenters. The molecule has 0 radical (unpaired) electrons. The number of nitrogens with zero attached hydrogens (tertiary/aromatic N) is 3. The van der Waals surface area contributed by atoms with Crippen molar-refractivity contribution in [3.63, 3.8) is 0 Å². The first-order valence-electron chi connectivity index (χ1n) is 13.9. The predicted molar refractivity (Wildman–Crippen MR) is 169 cm³/mol. The van der Waals surface area contributed by atoms with E-state index in [2.05, 4.69) is 11.9 Å². The Morgan fingerprint density at radius 2 is 1.74 bits per heavy atom. The number of amides is 1. The topological polar surface area (TPSA) is 57.7 Å². The Bertz CT molecular complexity index is 1830. The number of pyridine rings is 1. The minimum absolute atomic E-state index is 0.131. The molecule has 6 nitrogen and oxygen atoms in total. The van der Waals surface area contributed by atoms with Crippen LogP contribution in [0.5, 0.6) is 5.75 Å². The molecular formula is C34H29ClF2N4O2. The average molecular weight is 599 g/mol. The van der Waals surface area contributed by atoms with E-state index in [0.29, 0.717) is 71.3 Å². The van der Waals surface area contributed by atoms with Crippen LogP contribution in [-0.4, -0.2) is 49.1 Å². The summed E-state index contributed by atoms with van der Waals surface area (Å²) in [6, 6.07) is 21.1. The number of anilines is 2. The molecule has 1 amide bonds. The maximum Gasteiger partial charge on any atom is 0.246 e. The lowest BCUT2D eigenvalue weighted by Crippen LogP contribution is -2.48. The summed E-state index contributed by atoms with van der Waals surface area (Å²) >= 11 is 6.39. The van der Waals surface area contributed by atoms with Crippen LogP contribution in [0.1, 0.15) is 5.56 Å². The number of hydrogen-bond acceptors (Lipinski definition) is 5. The zero-order valence-corrected chi connectivity index (χ0v) is 24.3. The third kappa shape index (κ3) is 5.58. The molecule has 4 aromatic carbocycles. The molecule has 1 aliphatic rings. The maximum atomic E-state index is 15.8. The third-order valence-electron chi connectivity index (χ3n) is 7.84. The molecule has 1 saturated heterocycles. The molecule has 218 valence electrons. The van der Waals surface area contributed by atoms with Crippen molar-refractivity contribution in [2.24, 2.45) is 0 Å². The number of rotatable bonds is 7. The van der Waals surface area contributed by atoms with Gasteiger partial charge in [-0.3, -0.25) is 4.79 Å². The monoisotopic (exact) mass is 598 g/mol. The summed E-state index contributed by atoms with van der Waals surface area (Å²) < 4.78 is 35.9. The molecule has 0 saturated carbocycles. The second-order valence-electron chi connectivity index (χ2n) is 10.4. The maximum absolute atomic E-state index is 15.8. The highest BCUT2D eigenvalue weighted by atomic mass is 35.5. The Kier molecular flexibility index (Phi) is 7.86. The molecule has 0 atom stereocenters. The van der Waals surface area contributed by atoms with Gasteiger partial charge in [0.1, 0.15) is 23.2 Å². The van der Waals surface area contributed by atoms with E-state index in [1.807, 2.05) is 41.3 Å². The number of methoxy groups -OCH3 is 1. The highest BCUT2D eigenvalue weighted by Gasteiger charge is 2.23. The zero-order chi connectivity index (χ0) is 30.1. The molecule has 0 spiro atoms. The van der Waals surface area contributed by atoms with Crippen LogP contribution in [0.25, 0.3) is 32.8 Å². The lowest BCUT2D eigenvalue weighted by molar-refractivity contribution is -0.126. The average Bonchev–Trinajstić information content (AvgIpc) is 3.03. The Morgan fingerprint density at radius 1 is 0.977 bits per heavy atom. The van der Waals surface area contributed by atoms with Crippen LogP contribution in [-0.2, 0) is 11.3 Å². The van der Waals surface area contributed by atoms with Crippen molar-refractivity contribution in [1.82, 2.24) is 9.88 Å². The van der Waals surface area contributed by atoms with Gasteiger partial charge in [-0.25, -0.2) is 13.8 Å². The van der Waals surface area contributed by atoms with Crippen LogP contribution in [0.3, 0.4) is 0 Å². The van der Waals surface area contributed by atoms with Gasteiger partial charge in [0.25, 0.3) is 0 Å². The van der Waals surface area contributed by atoms with E-state index >= 15 is 4.39 Å². The highest BCUT2D eigenvalue weighted by molar-refractivity contribution is 6.33. The number of halogens is 3. The van der Waals surface area contributed by atoms with E-state index in [9.17, 15) is 9.18 Å². The third-order valence-corrected chi connectivity index (χ3v) is 8.15. The number of hydrogen-bond donors (Lipinski definition) is 1. The largest absolute Gasteiger partial charge is 0.497 e. The molecule has 43 heavy (non-hydrogen) atoms. The van der Waals surface area contributed by atoms with Gasteiger partial charge in [0.15, 0.2) is 0 Å². The summed E-state index contributed by atoms with van der Waals surface area (Å²) in [5.74, 6) is 0.320. The SMILES string of the molecule is C=CC(=O)N1CCN(c2cc3c(cc2F)c(NCc2ccc(OC)cc2)nc2cc(-c4c(F)cccc4Cl)ccc23)CC1. The Hall–Kier alpha value is -4.69. The zero-order valence-electron chi connectivity index (χ0n) is 23.5. The van der Waals surface area contributed by atoms with Crippen LogP contribution in [0.2, 0.25) is 5.02 Å². The quantitative estimate of drug-likeness (QED) is 0.156. The summed E-state index contributed by atoms with van der Waals surface area (Å²) in [6.45, 7) is 5.93. The Morgan fingerprint density at radius 3 is 2.44 bits per heavy atom. The summed E-state index contributed by atoms with van der Waals surface area (Å²) in [5, 5.41) is 5.90. The van der Waals surface area contributed by atoms with Crippen molar-refractivity contribution in [3.05, 3.63) is 108 Å². The standard InChI is InChI=1S/C34H29ClF2N4O2/c1-3-32(42)41-15-13-40(14-16-41)31-19-25-24-12-9-22(33-27(35)5-4-6-28(33)36)17-30(24)39-34(26(25)18-29(31)37)38-20-21-7-10-23(43-2)11-8-21/h3-12,17-19H,1,13-16,20H2,2H3,(H,38,39). The first kappa shape index (κ1) is 28.4. The Balaban J connectivity index is 1.45. The van der Waals surface area contributed by atoms with E-state index in [1.54, 1.807) is 36.3 Å². The number of aromatic nitrogens is 1. The summed E-state index contributed by atoms with van der Waals surface area (Å²) in [4.78, 5) is 20.6. The molecule has 0 bridgehead atoms. The number of piperazine rings is 1. The van der Waals surface area contributed by atoms with Gasteiger partial charge < -0.3 is 19.9 Å². The van der Waals surface area contributed by atoms with Crippen LogP contribution in [0, 0.1) is 11.6 Å². The van der Waals surface area contributed by atoms with Gasteiger partial charge in [-0.15, -0.1) is 0 Å². The summed E-state index contributed by atoms with van der Waals surface area (Å²) in [6.07, 6.45) is 1.30. The number of benzene rings is 4. The molecule has 6 rings (SSSR count). The summed E-state index contributed by atoms with van der Waals surface area (Å²) in [7, 11) is 1.62. The normalized spacial score (nSPS) is 13.4. The van der Waals surface area contributed by atoms with Crippen molar-refractivity contribution in [3.8, 4) is 16.9 Å². The highest BCUT2D eigenvalue weighted by Crippen LogP contribution is 2.38.